The van der Waals surface area contributed by atoms with E-state index in [1.54, 1.807) is 12.1 Å². The Hall–Kier alpha value is -1.50. The van der Waals surface area contributed by atoms with Crippen LogP contribution in [0, 0.1) is 10.1 Å². The molecule has 114 valence electrons. The van der Waals surface area contributed by atoms with Crippen LogP contribution in [0.5, 0.6) is 0 Å². The van der Waals surface area contributed by atoms with Crippen LogP contribution in [0.25, 0.3) is 0 Å². The van der Waals surface area contributed by atoms with Gasteiger partial charge in [-0.3, -0.25) is 10.1 Å². The number of non-ortho nitro benzene ring substituents is 1. The van der Waals surface area contributed by atoms with Crippen molar-refractivity contribution in [1.29, 1.82) is 0 Å². The lowest BCUT2D eigenvalue weighted by molar-refractivity contribution is -0.384. The molecule has 1 spiro atoms. The number of piperidine rings is 1. The largest absolute Gasteiger partial charge is 0.347 e. The van der Waals surface area contributed by atoms with Gasteiger partial charge in [-0.2, -0.15) is 0 Å². The summed E-state index contributed by atoms with van der Waals surface area (Å²) in [5.41, 5.74) is 1.28. The zero-order chi connectivity index (χ0) is 14.7. The SMILES string of the molecule is O=[N+]([O-])c1ccc(CCN2CCC3(CC2)OCCO3)cc1. The summed E-state index contributed by atoms with van der Waals surface area (Å²) in [6.45, 7) is 4.35. The molecule has 6 nitrogen and oxygen atoms in total. The van der Waals surface area contributed by atoms with Gasteiger partial charge in [-0.1, -0.05) is 12.1 Å². The number of benzene rings is 1. The monoisotopic (exact) mass is 292 g/mol. The molecule has 0 aromatic heterocycles. The van der Waals surface area contributed by atoms with Gasteiger partial charge in [0.1, 0.15) is 0 Å². The zero-order valence-electron chi connectivity index (χ0n) is 12.0. The van der Waals surface area contributed by atoms with Gasteiger partial charge in [0.15, 0.2) is 5.79 Å². The number of ether oxygens (including phenoxy) is 2. The van der Waals surface area contributed by atoms with E-state index < -0.39 is 0 Å². The molecule has 0 radical (unpaired) electrons. The molecular weight excluding hydrogens is 272 g/mol. The molecule has 0 atom stereocenters. The van der Waals surface area contributed by atoms with E-state index in [0.29, 0.717) is 13.2 Å². The second kappa shape index (κ2) is 6.09. The van der Waals surface area contributed by atoms with E-state index in [0.717, 1.165) is 44.5 Å². The third kappa shape index (κ3) is 3.40. The number of rotatable bonds is 4. The summed E-state index contributed by atoms with van der Waals surface area (Å²) in [5, 5.41) is 10.6. The molecule has 6 heteroatoms. The maximum absolute atomic E-state index is 10.6. The van der Waals surface area contributed by atoms with E-state index in [1.807, 2.05) is 12.1 Å². The van der Waals surface area contributed by atoms with Crippen molar-refractivity contribution in [1.82, 2.24) is 4.90 Å². The number of nitrogens with zero attached hydrogens (tertiary/aromatic N) is 2. The second-order valence-corrected chi connectivity index (χ2v) is 5.62. The lowest BCUT2D eigenvalue weighted by Gasteiger charge is -2.37. The molecule has 0 aliphatic carbocycles. The normalized spacial score (nSPS) is 21.7. The van der Waals surface area contributed by atoms with Crippen molar-refractivity contribution in [2.45, 2.75) is 25.0 Å². The summed E-state index contributed by atoms with van der Waals surface area (Å²) in [5.74, 6) is -0.316. The molecule has 1 aromatic rings. The summed E-state index contributed by atoms with van der Waals surface area (Å²) in [6, 6.07) is 6.82. The van der Waals surface area contributed by atoms with E-state index in [4.69, 9.17) is 9.47 Å². The molecule has 0 unspecified atom stereocenters. The molecule has 21 heavy (non-hydrogen) atoms. The first-order chi connectivity index (χ1) is 10.2. The van der Waals surface area contributed by atoms with Crippen LogP contribution < -0.4 is 0 Å². The summed E-state index contributed by atoms with van der Waals surface area (Å²) >= 11 is 0. The quantitative estimate of drug-likeness (QED) is 0.627. The number of nitro benzene ring substituents is 1. The molecule has 2 fully saturated rings. The maximum Gasteiger partial charge on any atom is 0.269 e. The van der Waals surface area contributed by atoms with Crippen LogP contribution in [-0.2, 0) is 15.9 Å². The Kier molecular flexibility index (Phi) is 4.19. The lowest BCUT2D eigenvalue weighted by Crippen LogP contribution is -2.45. The van der Waals surface area contributed by atoms with E-state index >= 15 is 0 Å². The predicted molar refractivity (Wildman–Crippen MR) is 77.1 cm³/mol. The van der Waals surface area contributed by atoms with Crippen LogP contribution in [0.1, 0.15) is 18.4 Å². The highest BCUT2D eigenvalue weighted by Gasteiger charge is 2.39. The van der Waals surface area contributed by atoms with Gasteiger partial charge in [0, 0.05) is 44.6 Å². The van der Waals surface area contributed by atoms with Crippen molar-refractivity contribution in [3.8, 4) is 0 Å². The fourth-order valence-electron chi connectivity index (χ4n) is 2.97. The van der Waals surface area contributed by atoms with Crippen molar-refractivity contribution in [3.05, 3.63) is 39.9 Å². The van der Waals surface area contributed by atoms with Crippen molar-refractivity contribution in [2.75, 3.05) is 32.8 Å². The van der Waals surface area contributed by atoms with Gasteiger partial charge >= 0.3 is 0 Å². The first kappa shape index (κ1) is 14.4. The zero-order valence-corrected chi connectivity index (χ0v) is 12.0. The first-order valence-corrected chi connectivity index (χ1v) is 7.41. The molecule has 2 aliphatic heterocycles. The minimum absolute atomic E-state index is 0.147. The van der Waals surface area contributed by atoms with Gasteiger partial charge in [-0.15, -0.1) is 0 Å². The van der Waals surface area contributed by atoms with Gasteiger partial charge in [0.2, 0.25) is 0 Å². The second-order valence-electron chi connectivity index (χ2n) is 5.62. The number of nitro groups is 1. The van der Waals surface area contributed by atoms with Crippen LogP contribution in [-0.4, -0.2) is 48.5 Å². The first-order valence-electron chi connectivity index (χ1n) is 7.41. The highest BCUT2D eigenvalue weighted by atomic mass is 16.7. The third-order valence-electron chi connectivity index (χ3n) is 4.30. The maximum atomic E-state index is 10.6. The molecule has 2 heterocycles. The van der Waals surface area contributed by atoms with Crippen molar-refractivity contribution < 1.29 is 14.4 Å². The van der Waals surface area contributed by atoms with Gasteiger partial charge in [-0.25, -0.2) is 0 Å². The van der Waals surface area contributed by atoms with E-state index in [2.05, 4.69) is 4.90 Å². The van der Waals surface area contributed by atoms with Crippen LogP contribution in [0.4, 0.5) is 5.69 Å². The molecule has 2 saturated heterocycles. The van der Waals surface area contributed by atoms with E-state index in [-0.39, 0.29) is 16.4 Å². The Labute approximate surface area is 123 Å². The highest BCUT2D eigenvalue weighted by molar-refractivity contribution is 5.32. The average Bonchev–Trinajstić information content (AvgIpc) is 2.95. The summed E-state index contributed by atoms with van der Waals surface area (Å²) < 4.78 is 11.4. The molecule has 0 amide bonds. The van der Waals surface area contributed by atoms with Crippen LogP contribution >= 0.6 is 0 Å². The van der Waals surface area contributed by atoms with Gasteiger partial charge in [0.25, 0.3) is 5.69 Å². The van der Waals surface area contributed by atoms with Crippen LogP contribution in [0.15, 0.2) is 24.3 Å². The highest BCUT2D eigenvalue weighted by Crippen LogP contribution is 2.31. The van der Waals surface area contributed by atoms with Gasteiger partial charge < -0.3 is 14.4 Å². The van der Waals surface area contributed by atoms with Crippen molar-refractivity contribution in [3.63, 3.8) is 0 Å². The molecule has 0 N–H and O–H groups in total. The lowest BCUT2D eigenvalue weighted by atomic mass is 10.0. The van der Waals surface area contributed by atoms with Crippen molar-refractivity contribution in [2.24, 2.45) is 0 Å². The van der Waals surface area contributed by atoms with Gasteiger partial charge in [-0.05, 0) is 12.0 Å². The Morgan fingerprint density at radius 1 is 1.14 bits per heavy atom. The molecule has 0 saturated carbocycles. The number of hydrogen-bond acceptors (Lipinski definition) is 5. The van der Waals surface area contributed by atoms with Gasteiger partial charge in [0.05, 0.1) is 18.1 Å². The Morgan fingerprint density at radius 3 is 2.33 bits per heavy atom. The molecule has 3 rings (SSSR count). The summed E-state index contributed by atoms with van der Waals surface area (Å²) in [6.07, 6.45) is 2.76. The Balaban J connectivity index is 1.46. The fourth-order valence-corrected chi connectivity index (χ4v) is 2.97. The van der Waals surface area contributed by atoms with Crippen molar-refractivity contribution >= 4 is 5.69 Å². The number of likely N-dealkylation sites (tertiary alicyclic amines) is 1. The Bertz CT molecular complexity index is 487. The molecule has 2 aliphatic rings. The minimum atomic E-state index is -0.366. The fraction of sp³-hybridized carbons (Fsp3) is 0.600. The third-order valence-corrected chi connectivity index (χ3v) is 4.30. The van der Waals surface area contributed by atoms with E-state index in [9.17, 15) is 10.1 Å². The van der Waals surface area contributed by atoms with E-state index in [1.165, 1.54) is 0 Å². The standard InChI is InChI=1S/C15H20N2O4/c18-17(19)14-3-1-13(2-4-14)5-8-16-9-6-15(7-10-16)20-11-12-21-15/h1-4H,5-12H2. The minimum Gasteiger partial charge on any atom is -0.347 e. The summed E-state index contributed by atoms with van der Waals surface area (Å²) in [7, 11) is 0. The predicted octanol–water partition coefficient (Wildman–Crippen LogP) is 1.98. The number of hydrogen-bond donors (Lipinski definition) is 0. The summed E-state index contributed by atoms with van der Waals surface area (Å²) in [4.78, 5) is 12.6. The Morgan fingerprint density at radius 2 is 1.76 bits per heavy atom. The van der Waals surface area contributed by atoms with Crippen LogP contribution in [0.2, 0.25) is 0 Å². The molecule has 1 aromatic carbocycles. The van der Waals surface area contributed by atoms with Crippen LogP contribution in [0.3, 0.4) is 0 Å². The molecular formula is C15H20N2O4. The smallest absolute Gasteiger partial charge is 0.269 e. The average molecular weight is 292 g/mol. The molecule has 0 bridgehead atoms. The topological polar surface area (TPSA) is 64.8 Å².